The van der Waals surface area contributed by atoms with Crippen LogP contribution in [0.3, 0.4) is 0 Å². The van der Waals surface area contributed by atoms with Gasteiger partial charge in [-0.05, 0) is 40.2 Å². The molecule has 0 unspecified atom stereocenters. The number of halogens is 1. The van der Waals surface area contributed by atoms with Gasteiger partial charge in [0.05, 0.1) is 23.9 Å². The molecule has 0 amide bonds. The number of benzene rings is 1. The Labute approximate surface area is 113 Å². The number of aliphatic hydroxyl groups excluding tert-OH is 1. The van der Waals surface area contributed by atoms with E-state index in [2.05, 4.69) is 26.1 Å². The zero-order chi connectivity index (χ0) is 13.0. The summed E-state index contributed by atoms with van der Waals surface area (Å²) in [6.07, 6.45) is 0. The van der Waals surface area contributed by atoms with Gasteiger partial charge in [0.25, 0.3) is 0 Å². The molecule has 0 saturated heterocycles. The van der Waals surface area contributed by atoms with Crippen molar-refractivity contribution >= 4 is 15.9 Å². The molecule has 1 N–H and O–H groups in total. The van der Waals surface area contributed by atoms with Crippen LogP contribution in [0.1, 0.15) is 5.69 Å². The minimum atomic E-state index is -0.139. The van der Waals surface area contributed by atoms with Crippen molar-refractivity contribution in [3.63, 3.8) is 0 Å². The lowest BCUT2D eigenvalue weighted by Crippen LogP contribution is -1.95. The van der Waals surface area contributed by atoms with Crippen LogP contribution in [0.25, 0.3) is 0 Å². The first-order chi connectivity index (χ1) is 8.72. The predicted octanol–water partition coefficient (Wildman–Crippen LogP) is 2.53. The average Bonchev–Trinajstić information content (AvgIpc) is 2.42. The van der Waals surface area contributed by atoms with Gasteiger partial charge < -0.3 is 14.6 Å². The Morgan fingerprint density at radius 3 is 2.61 bits per heavy atom. The van der Waals surface area contributed by atoms with Gasteiger partial charge in [-0.25, -0.2) is 0 Å². The van der Waals surface area contributed by atoms with E-state index in [-0.39, 0.29) is 6.61 Å². The standard InChI is InChI=1S/C12H11BrN2O3/c1-17-9-3-4-11(10(13)6-9)18-12-5-2-8(7-16)14-15-12/h2-6,16H,7H2,1H3. The second-order valence-electron chi connectivity index (χ2n) is 3.42. The minimum Gasteiger partial charge on any atom is -0.497 e. The normalized spacial score (nSPS) is 10.2. The summed E-state index contributed by atoms with van der Waals surface area (Å²) >= 11 is 3.38. The summed E-state index contributed by atoms with van der Waals surface area (Å²) in [5, 5.41) is 16.5. The monoisotopic (exact) mass is 310 g/mol. The molecule has 0 bridgehead atoms. The molecule has 5 nitrogen and oxygen atoms in total. The quantitative estimate of drug-likeness (QED) is 0.940. The molecule has 94 valence electrons. The molecule has 0 aliphatic heterocycles. The number of methoxy groups -OCH3 is 1. The fraction of sp³-hybridized carbons (Fsp3) is 0.167. The molecule has 0 aliphatic carbocycles. The van der Waals surface area contributed by atoms with Crippen LogP contribution in [0, 0.1) is 0 Å². The molecular formula is C12H11BrN2O3. The molecule has 0 atom stereocenters. The Balaban J connectivity index is 2.17. The summed E-state index contributed by atoms with van der Waals surface area (Å²) in [5.41, 5.74) is 0.496. The number of hydrogen-bond acceptors (Lipinski definition) is 5. The highest BCUT2D eigenvalue weighted by Crippen LogP contribution is 2.31. The lowest BCUT2D eigenvalue weighted by molar-refractivity contribution is 0.274. The van der Waals surface area contributed by atoms with Gasteiger partial charge in [0.15, 0.2) is 0 Å². The summed E-state index contributed by atoms with van der Waals surface area (Å²) in [7, 11) is 1.60. The first kappa shape index (κ1) is 12.8. The molecule has 0 saturated carbocycles. The average molecular weight is 311 g/mol. The van der Waals surface area contributed by atoms with E-state index in [1.54, 1.807) is 37.4 Å². The Kier molecular flexibility index (Phi) is 4.11. The summed E-state index contributed by atoms with van der Waals surface area (Å²) in [4.78, 5) is 0. The highest BCUT2D eigenvalue weighted by atomic mass is 79.9. The van der Waals surface area contributed by atoms with Gasteiger partial charge in [0, 0.05) is 6.07 Å². The third-order valence-electron chi connectivity index (χ3n) is 2.21. The van der Waals surface area contributed by atoms with Crippen LogP contribution in [0.2, 0.25) is 0 Å². The molecule has 0 aliphatic rings. The largest absolute Gasteiger partial charge is 0.497 e. The second kappa shape index (κ2) is 5.79. The van der Waals surface area contributed by atoms with Crippen molar-refractivity contribution in [1.29, 1.82) is 0 Å². The molecular weight excluding hydrogens is 300 g/mol. The molecule has 0 radical (unpaired) electrons. The highest BCUT2D eigenvalue weighted by Gasteiger charge is 2.06. The van der Waals surface area contributed by atoms with Crippen LogP contribution in [0.15, 0.2) is 34.8 Å². The number of aromatic nitrogens is 2. The van der Waals surface area contributed by atoms with E-state index in [4.69, 9.17) is 14.6 Å². The fourth-order valence-electron chi connectivity index (χ4n) is 1.29. The molecule has 18 heavy (non-hydrogen) atoms. The zero-order valence-electron chi connectivity index (χ0n) is 9.63. The summed E-state index contributed by atoms with van der Waals surface area (Å²) in [6.45, 7) is -0.139. The van der Waals surface area contributed by atoms with E-state index in [1.807, 2.05) is 0 Å². The van der Waals surface area contributed by atoms with Gasteiger partial charge >= 0.3 is 0 Å². The third kappa shape index (κ3) is 2.96. The Bertz CT molecular complexity index is 531. The number of ether oxygens (including phenoxy) is 2. The van der Waals surface area contributed by atoms with E-state index < -0.39 is 0 Å². The van der Waals surface area contributed by atoms with Crippen molar-refractivity contribution in [2.45, 2.75) is 6.61 Å². The van der Waals surface area contributed by atoms with E-state index >= 15 is 0 Å². The van der Waals surface area contributed by atoms with Gasteiger partial charge in [-0.2, -0.15) is 0 Å². The van der Waals surface area contributed by atoms with Crippen molar-refractivity contribution in [2.75, 3.05) is 7.11 Å². The SMILES string of the molecule is COc1ccc(Oc2ccc(CO)nn2)c(Br)c1. The first-order valence-electron chi connectivity index (χ1n) is 5.18. The Morgan fingerprint density at radius 2 is 2.06 bits per heavy atom. The van der Waals surface area contributed by atoms with Gasteiger partial charge in [-0.15, -0.1) is 10.2 Å². The van der Waals surface area contributed by atoms with Crippen LogP contribution >= 0.6 is 15.9 Å². The highest BCUT2D eigenvalue weighted by molar-refractivity contribution is 9.10. The molecule has 0 fully saturated rings. The second-order valence-corrected chi connectivity index (χ2v) is 4.27. The number of aliphatic hydroxyl groups is 1. The topological polar surface area (TPSA) is 64.5 Å². The molecule has 2 aromatic rings. The van der Waals surface area contributed by atoms with Gasteiger partial charge in [-0.3, -0.25) is 0 Å². The Morgan fingerprint density at radius 1 is 1.22 bits per heavy atom. The Hall–Kier alpha value is -1.66. The number of nitrogens with zero attached hydrogens (tertiary/aromatic N) is 2. The van der Waals surface area contributed by atoms with Crippen molar-refractivity contribution in [3.8, 4) is 17.4 Å². The molecule has 6 heteroatoms. The molecule has 0 spiro atoms. The van der Waals surface area contributed by atoms with E-state index in [9.17, 15) is 0 Å². The number of hydrogen-bond donors (Lipinski definition) is 1. The van der Waals surface area contributed by atoms with Crippen molar-refractivity contribution in [3.05, 3.63) is 40.5 Å². The smallest absolute Gasteiger partial charge is 0.238 e. The van der Waals surface area contributed by atoms with Crippen molar-refractivity contribution < 1.29 is 14.6 Å². The van der Waals surface area contributed by atoms with Gasteiger partial charge in [0.1, 0.15) is 11.5 Å². The molecule has 2 rings (SSSR count). The summed E-state index contributed by atoms with van der Waals surface area (Å²) in [5.74, 6) is 1.70. The number of rotatable bonds is 4. The summed E-state index contributed by atoms with van der Waals surface area (Å²) in [6, 6.07) is 8.65. The van der Waals surface area contributed by atoms with Crippen molar-refractivity contribution in [1.82, 2.24) is 10.2 Å². The van der Waals surface area contributed by atoms with Crippen LogP contribution < -0.4 is 9.47 Å². The first-order valence-corrected chi connectivity index (χ1v) is 5.97. The van der Waals surface area contributed by atoms with E-state index in [0.29, 0.717) is 17.3 Å². The maximum absolute atomic E-state index is 8.86. The summed E-state index contributed by atoms with van der Waals surface area (Å²) < 4.78 is 11.4. The fourth-order valence-corrected chi connectivity index (χ4v) is 1.73. The lowest BCUT2D eigenvalue weighted by atomic mass is 10.3. The van der Waals surface area contributed by atoms with Crippen LogP contribution in [0.4, 0.5) is 0 Å². The minimum absolute atomic E-state index is 0.139. The maximum Gasteiger partial charge on any atom is 0.238 e. The van der Waals surface area contributed by atoms with E-state index in [1.165, 1.54) is 0 Å². The predicted molar refractivity (Wildman–Crippen MR) is 68.7 cm³/mol. The zero-order valence-corrected chi connectivity index (χ0v) is 11.2. The lowest BCUT2D eigenvalue weighted by Gasteiger charge is -2.07. The van der Waals surface area contributed by atoms with Gasteiger partial charge in [-0.1, -0.05) is 0 Å². The van der Waals surface area contributed by atoms with Crippen LogP contribution in [-0.2, 0) is 6.61 Å². The molecule has 1 heterocycles. The molecule has 1 aromatic carbocycles. The van der Waals surface area contributed by atoms with Gasteiger partial charge in [0.2, 0.25) is 5.88 Å². The van der Waals surface area contributed by atoms with Crippen LogP contribution in [-0.4, -0.2) is 22.4 Å². The van der Waals surface area contributed by atoms with E-state index in [0.717, 1.165) is 10.2 Å². The third-order valence-corrected chi connectivity index (χ3v) is 2.83. The van der Waals surface area contributed by atoms with Crippen LogP contribution in [0.5, 0.6) is 17.4 Å². The molecule has 1 aromatic heterocycles. The van der Waals surface area contributed by atoms with Crippen molar-refractivity contribution in [2.24, 2.45) is 0 Å². The maximum atomic E-state index is 8.86.